The number of hydrogen-bond acceptors (Lipinski definition) is 4. The molecule has 0 aliphatic heterocycles. The summed E-state index contributed by atoms with van der Waals surface area (Å²) in [5.74, 6) is 0.158. The molecule has 62 valence electrons. The van der Waals surface area contributed by atoms with Gasteiger partial charge in [-0.15, -0.1) is 0 Å². The molecule has 1 aromatic rings. The number of anilines is 1. The van der Waals surface area contributed by atoms with E-state index < -0.39 is 10.9 Å². The van der Waals surface area contributed by atoms with Crippen molar-refractivity contribution >= 4 is 16.7 Å². The number of hydrogen-bond donors (Lipinski definition) is 2. The second kappa shape index (κ2) is 3.69. The Labute approximate surface area is 70.8 Å². The molecule has 12 heavy (non-hydrogen) atoms. The van der Waals surface area contributed by atoms with E-state index in [0.717, 1.165) is 0 Å². The molecular formula is C6H5N3O2S. The second-order valence-corrected chi connectivity index (χ2v) is 2.65. The summed E-state index contributed by atoms with van der Waals surface area (Å²) >= 11 is 0. The molecule has 0 atom stereocenters. The summed E-state index contributed by atoms with van der Waals surface area (Å²) in [5.41, 5.74) is 0.365. The van der Waals surface area contributed by atoms with E-state index in [1.54, 1.807) is 0 Å². The number of nitrogens with one attached hydrogen (secondary N) is 1. The molecule has 0 aromatic carbocycles. The second-order valence-electron chi connectivity index (χ2n) is 1.91. The highest BCUT2D eigenvalue weighted by Crippen LogP contribution is 2.04. The molecule has 0 spiro atoms. The van der Waals surface area contributed by atoms with Crippen LogP contribution in [-0.4, -0.2) is 13.4 Å². The zero-order chi connectivity index (χ0) is 8.97. The lowest BCUT2D eigenvalue weighted by Gasteiger charge is -1.95. The van der Waals surface area contributed by atoms with Crippen LogP contribution in [0.15, 0.2) is 18.3 Å². The van der Waals surface area contributed by atoms with E-state index in [9.17, 15) is 8.42 Å². The fourth-order valence-electron chi connectivity index (χ4n) is 0.655. The lowest BCUT2D eigenvalue weighted by atomic mass is 10.3. The molecular weight excluding hydrogens is 178 g/mol. The number of thiol groups is 1. The molecule has 0 aliphatic rings. The normalized spacial score (nSPS) is 9.33. The van der Waals surface area contributed by atoms with Crippen molar-refractivity contribution in [1.29, 1.82) is 5.26 Å². The maximum Gasteiger partial charge on any atom is 0.223 e. The van der Waals surface area contributed by atoms with Crippen molar-refractivity contribution in [3.05, 3.63) is 23.9 Å². The van der Waals surface area contributed by atoms with Crippen molar-refractivity contribution in [2.75, 3.05) is 4.72 Å². The van der Waals surface area contributed by atoms with Gasteiger partial charge in [-0.05, 0) is 12.1 Å². The van der Waals surface area contributed by atoms with Crippen LogP contribution >= 0.6 is 0 Å². The lowest BCUT2D eigenvalue weighted by Crippen LogP contribution is -1.97. The van der Waals surface area contributed by atoms with Crippen LogP contribution in [-0.2, 0) is 10.9 Å². The van der Waals surface area contributed by atoms with Crippen LogP contribution in [0.4, 0.5) is 5.82 Å². The average Bonchev–Trinajstić information content (AvgIpc) is 2.03. The Morgan fingerprint density at radius 3 is 2.92 bits per heavy atom. The Kier molecular flexibility index (Phi) is 2.61. The van der Waals surface area contributed by atoms with E-state index in [4.69, 9.17) is 5.26 Å². The van der Waals surface area contributed by atoms with Gasteiger partial charge in [0.1, 0.15) is 5.82 Å². The average molecular weight is 183 g/mol. The van der Waals surface area contributed by atoms with Gasteiger partial charge in [-0.25, -0.2) is 13.4 Å². The summed E-state index contributed by atoms with van der Waals surface area (Å²) in [5, 5.41) is 8.44. The minimum absolute atomic E-state index is 0.158. The van der Waals surface area contributed by atoms with Gasteiger partial charge in [-0.1, -0.05) is 0 Å². The number of rotatable bonds is 2. The van der Waals surface area contributed by atoms with Crippen LogP contribution in [0.1, 0.15) is 5.56 Å². The van der Waals surface area contributed by atoms with Gasteiger partial charge in [0.15, 0.2) is 0 Å². The molecule has 1 rings (SSSR count). The highest BCUT2D eigenvalue weighted by molar-refractivity contribution is 7.73. The molecule has 0 saturated carbocycles. The first kappa shape index (κ1) is 8.49. The first-order valence-corrected chi connectivity index (χ1v) is 4.17. The van der Waals surface area contributed by atoms with Crippen LogP contribution in [0.5, 0.6) is 0 Å². The smallest absolute Gasteiger partial charge is 0.223 e. The molecule has 6 heteroatoms. The van der Waals surface area contributed by atoms with E-state index in [1.165, 1.54) is 18.3 Å². The minimum atomic E-state index is -2.72. The van der Waals surface area contributed by atoms with E-state index >= 15 is 0 Å². The molecule has 0 fully saturated rings. The molecule has 1 N–H and O–H groups in total. The Balaban J connectivity index is 2.96. The van der Waals surface area contributed by atoms with E-state index in [0.29, 0.717) is 5.56 Å². The molecule has 0 bridgehead atoms. The number of nitrogens with zero attached hydrogens (tertiary/aromatic N) is 2. The number of aromatic nitrogens is 1. The summed E-state index contributed by atoms with van der Waals surface area (Å²) in [7, 11) is -2.72. The lowest BCUT2D eigenvalue weighted by molar-refractivity contribution is 0.619. The fourth-order valence-corrected chi connectivity index (χ4v) is 0.964. The summed E-state index contributed by atoms with van der Waals surface area (Å²) in [6.45, 7) is 0. The van der Waals surface area contributed by atoms with Crippen molar-refractivity contribution in [2.45, 2.75) is 0 Å². The molecule has 5 nitrogen and oxygen atoms in total. The molecule has 1 heterocycles. The monoisotopic (exact) mass is 183 g/mol. The zero-order valence-corrected chi connectivity index (χ0v) is 6.78. The van der Waals surface area contributed by atoms with Crippen LogP contribution < -0.4 is 4.72 Å². The standard InChI is InChI=1S/C6H5N3O2S/c7-4-5-1-2-8-6(3-5)9-12(10)11/h1-3,12H,(H,8,9,10,11). The predicted octanol–water partition coefficient (Wildman–Crippen LogP) is -0.108. The van der Waals surface area contributed by atoms with Crippen LogP contribution in [0.25, 0.3) is 0 Å². The van der Waals surface area contributed by atoms with E-state index in [2.05, 4.69) is 9.71 Å². The number of nitriles is 1. The first-order valence-electron chi connectivity index (χ1n) is 2.99. The van der Waals surface area contributed by atoms with Gasteiger partial charge in [0.05, 0.1) is 11.6 Å². The Bertz CT molecular complexity index is 386. The van der Waals surface area contributed by atoms with Gasteiger partial charge in [-0.2, -0.15) is 5.26 Å². The summed E-state index contributed by atoms with van der Waals surface area (Å²) in [6.07, 6.45) is 1.36. The zero-order valence-electron chi connectivity index (χ0n) is 5.89. The van der Waals surface area contributed by atoms with Crippen molar-refractivity contribution in [2.24, 2.45) is 0 Å². The number of pyridine rings is 1. The van der Waals surface area contributed by atoms with Crippen molar-refractivity contribution < 1.29 is 8.42 Å². The molecule has 0 amide bonds. The van der Waals surface area contributed by atoms with Crippen molar-refractivity contribution in [3.8, 4) is 6.07 Å². The predicted molar refractivity (Wildman–Crippen MR) is 42.9 cm³/mol. The van der Waals surface area contributed by atoms with Gasteiger partial charge in [-0.3, -0.25) is 4.72 Å². The van der Waals surface area contributed by atoms with Gasteiger partial charge < -0.3 is 0 Å². The fraction of sp³-hybridized carbons (Fsp3) is 0. The topological polar surface area (TPSA) is 82.8 Å². The summed E-state index contributed by atoms with van der Waals surface area (Å²) < 4.78 is 22.4. The third-order valence-electron chi connectivity index (χ3n) is 1.09. The highest BCUT2D eigenvalue weighted by Gasteiger charge is 1.94. The first-order chi connectivity index (χ1) is 5.72. The molecule has 0 saturated heterocycles. The molecule has 1 aromatic heterocycles. The summed E-state index contributed by atoms with van der Waals surface area (Å²) in [6, 6.07) is 4.71. The van der Waals surface area contributed by atoms with Crippen LogP contribution in [0, 0.1) is 11.3 Å². The Morgan fingerprint density at radius 1 is 1.58 bits per heavy atom. The highest BCUT2D eigenvalue weighted by atomic mass is 32.2. The van der Waals surface area contributed by atoms with Gasteiger partial charge in [0.2, 0.25) is 10.9 Å². The molecule has 0 unspecified atom stereocenters. The minimum Gasteiger partial charge on any atom is -0.270 e. The maximum absolute atomic E-state index is 10.2. The van der Waals surface area contributed by atoms with Gasteiger partial charge >= 0.3 is 0 Å². The SMILES string of the molecule is N#Cc1ccnc(N[SH](=O)=O)c1. The third kappa shape index (κ3) is 2.21. The molecule has 0 radical (unpaired) electrons. The largest absolute Gasteiger partial charge is 0.270 e. The molecule has 0 aliphatic carbocycles. The Hall–Kier alpha value is -1.61. The summed E-state index contributed by atoms with van der Waals surface area (Å²) in [4.78, 5) is 3.68. The van der Waals surface area contributed by atoms with Crippen molar-refractivity contribution in [1.82, 2.24) is 4.98 Å². The van der Waals surface area contributed by atoms with Crippen molar-refractivity contribution in [3.63, 3.8) is 0 Å². The van der Waals surface area contributed by atoms with Gasteiger partial charge in [0.25, 0.3) is 0 Å². The van der Waals surface area contributed by atoms with Crippen LogP contribution in [0.2, 0.25) is 0 Å². The maximum atomic E-state index is 10.2. The van der Waals surface area contributed by atoms with Gasteiger partial charge in [0, 0.05) is 6.20 Å². The van der Waals surface area contributed by atoms with E-state index in [1.807, 2.05) is 6.07 Å². The Morgan fingerprint density at radius 2 is 2.33 bits per heavy atom. The quantitative estimate of drug-likeness (QED) is 0.627. The van der Waals surface area contributed by atoms with Crippen LogP contribution in [0.3, 0.4) is 0 Å². The third-order valence-corrected chi connectivity index (χ3v) is 1.51. The van der Waals surface area contributed by atoms with E-state index in [-0.39, 0.29) is 5.82 Å².